The summed E-state index contributed by atoms with van der Waals surface area (Å²) in [5.41, 5.74) is 2.84. The van der Waals surface area contributed by atoms with E-state index in [9.17, 15) is 13.2 Å². The van der Waals surface area contributed by atoms with Crippen LogP contribution in [0.4, 0.5) is 0 Å². The van der Waals surface area contributed by atoms with Crippen molar-refractivity contribution in [2.45, 2.75) is 38.5 Å². The molecule has 0 aliphatic heterocycles. The van der Waals surface area contributed by atoms with Gasteiger partial charge in [-0.3, -0.25) is 4.79 Å². The van der Waals surface area contributed by atoms with E-state index < -0.39 is 9.84 Å². The van der Waals surface area contributed by atoms with Crippen LogP contribution in [-0.2, 0) is 15.6 Å². The summed E-state index contributed by atoms with van der Waals surface area (Å²) in [4.78, 5) is 12.6. The highest BCUT2D eigenvalue weighted by Gasteiger charge is 2.16. The quantitative estimate of drug-likeness (QED) is 0.597. The van der Waals surface area contributed by atoms with Crippen molar-refractivity contribution in [2.75, 3.05) is 19.3 Å². The zero-order chi connectivity index (χ0) is 20.6. The highest BCUT2D eigenvalue weighted by molar-refractivity contribution is 7.89. The first-order valence-electron chi connectivity index (χ1n) is 9.64. The van der Waals surface area contributed by atoms with Crippen molar-refractivity contribution in [1.82, 2.24) is 10.6 Å². The van der Waals surface area contributed by atoms with Crippen LogP contribution in [0.1, 0.15) is 42.6 Å². The van der Waals surface area contributed by atoms with Gasteiger partial charge in [-0.1, -0.05) is 50.2 Å². The van der Waals surface area contributed by atoms with Gasteiger partial charge in [0.25, 0.3) is 5.91 Å². The van der Waals surface area contributed by atoms with Crippen molar-refractivity contribution in [3.8, 4) is 11.1 Å². The van der Waals surface area contributed by atoms with Gasteiger partial charge in [0.2, 0.25) is 0 Å². The maximum Gasteiger partial charge on any atom is 0.251 e. The molecule has 0 aromatic heterocycles. The highest BCUT2D eigenvalue weighted by Crippen LogP contribution is 2.24. The molecular formula is C22H30N2O3S. The van der Waals surface area contributed by atoms with Gasteiger partial charge in [0.05, 0.1) is 5.75 Å². The first-order valence-corrected chi connectivity index (χ1v) is 11.7. The smallest absolute Gasteiger partial charge is 0.251 e. The second-order valence-corrected chi connectivity index (χ2v) is 9.52. The molecule has 0 aliphatic rings. The van der Waals surface area contributed by atoms with Crippen LogP contribution >= 0.6 is 0 Å². The maximum absolute atomic E-state index is 12.6. The fraction of sp³-hybridized carbons (Fsp3) is 0.409. The summed E-state index contributed by atoms with van der Waals surface area (Å²) in [6.07, 6.45) is 3.03. The second kappa shape index (κ2) is 10.4. The number of nitrogens with one attached hydrogen (secondary N) is 2. The highest BCUT2D eigenvalue weighted by atomic mass is 32.2. The van der Waals surface area contributed by atoms with Crippen LogP contribution in [0.5, 0.6) is 0 Å². The molecule has 0 heterocycles. The van der Waals surface area contributed by atoms with Crippen molar-refractivity contribution in [2.24, 2.45) is 0 Å². The Bertz CT molecular complexity index is 878. The lowest BCUT2D eigenvalue weighted by molar-refractivity contribution is 0.0952. The number of unbranched alkanes of at least 4 members (excludes halogenated alkanes) is 1. The number of amides is 1. The minimum absolute atomic E-state index is 0.158. The van der Waals surface area contributed by atoms with E-state index in [0.29, 0.717) is 23.7 Å². The van der Waals surface area contributed by atoms with Crippen LogP contribution in [0.25, 0.3) is 11.1 Å². The topological polar surface area (TPSA) is 75.3 Å². The van der Waals surface area contributed by atoms with Crippen molar-refractivity contribution < 1.29 is 13.2 Å². The van der Waals surface area contributed by atoms with Crippen LogP contribution in [0.2, 0.25) is 0 Å². The molecule has 2 rings (SSSR count). The predicted octanol–water partition coefficient (Wildman–Crippen LogP) is 3.41. The molecule has 2 aromatic rings. The summed E-state index contributed by atoms with van der Waals surface area (Å²) >= 11 is 0. The first kappa shape index (κ1) is 22.1. The lowest BCUT2D eigenvalue weighted by Crippen LogP contribution is -2.28. The monoisotopic (exact) mass is 402 g/mol. The van der Waals surface area contributed by atoms with E-state index in [1.807, 2.05) is 36.4 Å². The third kappa shape index (κ3) is 7.44. The number of carbonyl (C=O) groups excluding carboxylic acids is 1. The largest absolute Gasteiger partial charge is 0.352 e. The number of sulfone groups is 1. The third-order valence-corrected chi connectivity index (χ3v) is 5.15. The Kier molecular flexibility index (Phi) is 8.20. The Morgan fingerprint density at radius 3 is 2.29 bits per heavy atom. The minimum Gasteiger partial charge on any atom is -0.352 e. The van der Waals surface area contributed by atoms with Gasteiger partial charge in [-0.15, -0.1) is 0 Å². The molecule has 0 saturated carbocycles. The molecule has 6 heteroatoms. The van der Waals surface area contributed by atoms with E-state index in [-0.39, 0.29) is 11.7 Å². The fourth-order valence-electron chi connectivity index (χ4n) is 2.97. The van der Waals surface area contributed by atoms with E-state index in [0.717, 1.165) is 30.5 Å². The zero-order valence-corrected chi connectivity index (χ0v) is 17.7. The zero-order valence-electron chi connectivity index (χ0n) is 16.9. The summed E-state index contributed by atoms with van der Waals surface area (Å²) < 4.78 is 23.7. The Morgan fingerprint density at radius 2 is 1.64 bits per heavy atom. The molecule has 5 nitrogen and oxygen atoms in total. The summed E-state index contributed by atoms with van der Waals surface area (Å²) in [6.45, 7) is 5.68. The van der Waals surface area contributed by atoms with E-state index >= 15 is 0 Å². The minimum atomic E-state index is -3.26. The molecule has 0 radical (unpaired) electrons. The third-order valence-electron chi connectivity index (χ3n) is 4.32. The average molecular weight is 403 g/mol. The maximum atomic E-state index is 12.6. The summed E-state index contributed by atoms with van der Waals surface area (Å²) in [6, 6.07) is 15.6. The van der Waals surface area contributed by atoms with Crippen LogP contribution in [0, 0.1) is 0 Å². The molecule has 0 bridgehead atoms. The predicted molar refractivity (Wildman–Crippen MR) is 115 cm³/mol. The lowest BCUT2D eigenvalue weighted by Gasteiger charge is -2.12. The Balaban J connectivity index is 2.10. The summed E-state index contributed by atoms with van der Waals surface area (Å²) in [7, 11) is -3.26. The molecular weight excluding hydrogens is 372 g/mol. The van der Waals surface area contributed by atoms with Crippen LogP contribution in [0.3, 0.4) is 0 Å². The van der Waals surface area contributed by atoms with Crippen LogP contribution in [-0.4, -0.2) is 39.7 Å². The normalized spacial score (nSPS) is 11.6. The van der Waals surface area contributed by atoms with Crippen molar-refractivity contribution in [3.63, 3.8) is 0 Å². The Hall–Kier alpha value is -2.18. The SMILES string of the molecule is CC(C)NCCCCNC(=O)c1ccc(-c2ccccc2)cc1CS(C)(=O)=O. The number of hydrogen-bond acceptors (Lipinski definition) is 4. The molecule has 28 heavy (non-hydrogen) atoms. The fourth-order valence-corrected chi connectivity index (χ4v) is 3.77. The van der Waals surface area contributed by atoms with Crippen molar-refractivity contribution in [1.29, 1.82) is 0 Å². The average Bonchev–Trinajstić information content (AvgIpc) is 2.63. The van der Waals surface area contributed by atoms with Crippen molar-refractivity contribution in [3.05, 3.63) is 59.7 Å². The van der Waals surface area contributed by atoms with Gasteiger partial charge in [0.1, 0.15) is 0 Å². The van der Waals surface area contributed by atoms with Crippen molar-refractivity contribution >= 4 is 15.7 Å². The number of benzene rings is 2. The molecule has 2 N–H and O–H groups in total. The van der Waals surface area contributed by atoms with E-state index in [1.165, 1.54) is 6.26 Å². The molecule has 0 aliphatic carbocycles. The Morgan fingerprint density at radius 1 is 0.964 bits per heavy atom. The molecule has 152 valence electrons. The molecule has 0 unspecified atom stereocenters. The lowest BCUT2D eigenvalue weighted by atomic mass is 9.99. The van der Waals surface area contributed by atoms with Gasteiger partial charge >= 0.3 is 0 Å². The standard InChI is InChI=1S/C22H30N2O3S/c1-17(2)23-13-7-8-14-24-22(25)21-12-11-19(18-9-5-4-6-10-18)15-20(21)16-28(3,26)27/h4-6,9-12,15,17,23H,7-8,13-14,16H2,1-3H3,(H,24,25). The Labute approximate surface area is 168 Å². The molecule has 2 aromatic carbocycles. The second-order valence-electron chi connectivity index (χ2n) is 7.38. The summed E-state index contributed by atoms with van der Waals surface area (Å²) in [5, 5.41) is 6.25. The van der Waals surface area contributed by atoms with Gasteiger partial charge in [0, 0.05) is 24.4 Å². The van der Waals surface area contributed by atoms with E-state index in [4.69, 9.17) is 0 Å². The summed E-state index contributed by atoms with van der Waals surface area (Å²) in [5.74, 6) is -0.385. The van der Waals surface area contributed by atoms with Gasteiger partial charge in [-0.25, -0.2) is 8.42 Å². The molecule has 1 amide bonds. The molecule has 0 spiro atoms. The molecule has 0 fully saturated rings. The van der Waals surface area contributed by atoms with Gasteiger partial charge in [-0.05, 0) is 48.2 Å². The van der Waals surface area contributed by atoms with E-state index in [2.05, 4.69) is 24.5 Å². The van der Waals surface area contributed by atoms with Gasteiger partial charge in [-0.2, -0.15) is 0 Å². The molecule has 0 saturated heterocycles. The number of carbonyl (C=O) groups is 1. The number of rotatable bonds is 10. The molecule has 0 atom stereocenters. The first-order chi connectivity index (χ1) is 13.3. The van der Waals surface area contributed by atoms with Gasteiger partial charge in [0.15, 0.2) is 9.84 Å². The van der Waals surface area contributed by atoms with E-state index in [1.54, 1.807) is 12.1 Å². The van der Waals surface area contributed by atoms with Gasteiger partial charge < -0.3 is 10.6 Å². The van der Waals surface area contributed by atoms with Crippen LogP contribution < -0.4 is 10.6 Å². The number of hydrogen-bond donors (Lipinski definition) is 2. The van der Waals surface area contributed by atoms with Crippen LogP contribution in [0.15, 0.2) is 48.5 Å².